The Morgan fingerprint density at radius 1 is 1.00 bits per heavy atom. The maximum Gasteiger partial charge on any atom is 0.296 e. The molecular weight excluding hydrogens is 530 g/mol. The molecule has 1 aliphatic carbocycles. The third-order valence-corrected chi connectivity index (χ3v) is 8.19. The molecule has 3 aromatic rings. The van der Waals surface area contributed by atoms with E-state index in [0.717, 1.165) is 38.9 Å². The Balaban J connectivity index is 1.13. The largest absolute Gasteiger partial charge is 0.378 e. The third-order valence-electron chi connectivity index (χ3n) is 8.19. The average molecular weight is 569 g/mol. The number of ether oxygens (including phenoxy) is 1. The van der Waals surface area contributed by atoms with Crippen LogP contribution in [0.3, 0.4) is 0 Å². The van der Waals surface area contributed by atoms with Crippen molar-refractivity contribution in [2.45, 2.75) is 63.5 Å². The molecule has 2 aromatic heterocycles. The normalized spacial score (nSPS) is 21.7. The molecule has 1 saturated carbocycles. The minimum absolute atomic E-state index is 0.107. The molecule has 41 heavy (non-hydrogen) atoms. The number of rotatable bonds is 10. The van der Waals surface area contributed by atoms with E-state index in [-0.39, 0.29) is 23.8 Å². The highest BCUT2D eigenvalue weighted by Crippen LogP contribution is 2.30. The molecule has 12 heteroatoms. The highest BCUT2D eigenvalue weighted by molar-refractivity contribution is 5.78. The molecule has 4 heterocycles. The van der Waals surface area contributed by atoms with E-state index in [9.17, 15) is 13.6 Å². The fraction of sp³-hybridized carbons (Fsp3) is 0.586. The molecule has 0 bridgehead atoms. The van der Waals surface area contributed by atoms with Crippen LogP contribution in [0.1, 0.15) is 57.2 Å². The second-order valence-electron chi connectivity index (χ2n) is 11.2. The Bertz CT molecular complexity index is 1330. The number of carbonyl (C=O) groups excluding carboxylic acids is 1. The molecule has 1 amide bonds. The number of para-hydroxylation sites is 2. The predicted octanol–water partition coefficient (Wildman–Crippen LogP) is 3.91. The smallest absolute Gasteiger partial charge is 0.296 e. The van der Waals surface area contributed by atoms with E-state index in [1.807, 2.05) is 4.90 Å². The number of amides is 1. The van der Waals surface area contributed by atoms with Gasteiger partial charge in [0.25, 0.3) is 6.43 Å². The fourth-order valence-electron chi connectivity index (χ4n) is 5.96. The maximum absolute atomic E-state index is 14.1. The molecule has 0 spiro atoms. The topological polar surface area (TPSA) is 100 Å². The van der Waals surface area contributed by atoms with Crippen LogP contribution in [0.15, 0.2) is 30.3 Å². The van der Waals surface area contributed by atoms with E-state index in [1.165, 1.54) is 23.8 Å². The van der Waals surface area contributed by atoms with Gasteiger partial charge in [-0.25, -0.2) is 13.8 Å². The summed E-state index contributed by atoms with van der Waals surface area (Å²) in [6, 6.07) is 9.01. The standard InChI is InChI=1S/C29H38F2N8O2/c30-27(31)28-34-22-7-2-3-8-23(22)39(28)25-19-24(35-29(36-25)38-13-15-41-16-14-38)32-20-17-21(18-20)33-26(40)9-6-12-37-10-4-1-5-11-37/h2-3,7-8,19-21,27H,1,4-6,9-18H2,(H,33,40)(H,32,35,36). The number of halogens is 2. The van der Waals surface area contributed by atoms with Gasteiger partial charge in [0.05, 0.1) is 24.2 Å². The molecule has 0 radical (unpaired) electrons. The number of fused-ring (bicyclic) bond motifs is 1. The summed E-state index contributed by atoms with van der Waals surface area (Å²) < 4.78 is 35.1. The number of alkyl halides is 2. The maximum atomic E-state index is 14.1. The van der Waals surface area contributed by atoms with Crippen molar-refractivity contribution in [2.75, 3.05) is 56.2 Å². The van der Waals surface area contributed by atoms with Crippen LogP contribution in [0.5, 0.6) is 0 Å². The van der Waals surface area contributed by atoms with Gasteiger partial charge >= 0.3 is 0 Å². The Hall–Kier alpha value is -3.38. The van der Waals surface area contributed by atoms with E-state index >= 15 is 0 Å². The van der Waals surface area contributed by atoms with E-state index < -0.39 is 6.43 Å². The average Bonchev–Trinajstić information content (AvgIpc) is 3.37. The Labute approximate surface area is 238 Å². The number of carbonyl (C=O) groups is 1. The molecular formula is C29H38F2N8O2. The number of piperidine rings is 1. The Kier molecular flexibility index (Phi) is 8.56. The molecule has 2 N–H and O–H groups in total. The summed E-state index contributed by atoms with van der Waals surface area (Å²) >= 11 is 0. The van der Waals surface area contributed by atoms with Gasteiger partial charge in [-0.1, -0.05) is 18.6 Å². The van der Waals surface area contributed by atoms with Crippen LogP contribution in [0, 0.1) is 0 Å². The molecule has 10 nitrogen and oxygen atoms in total. The molecule has 6 rings (SSSR count). The van der Waals surface area contributed by atoms with Crippen LogP contribution in [-0.2, 0) is 9.53 Å². The first kappa shape index (κ1) is 27.8. The van der Waals surface area contributed by atoms with Gasteiger partial charge in [-0.15, -0.1) is 0 Å². The fourth-order valence-corrected chi connectivity index (χ4v) is 5.96. The first-order valence-corrected chi connectivity index (χ1v) is 14.8. The van der Waals surface area contributed by atoms with Gasteiger partial charge in [-0.3, -0.25) is 9.36 Å². The molecule has 3 fully saturated rings. The second-order valence-corrected chi connectivity index (χ2v) is 11.2. The van der Waals surface area contributed by atoms with Crippen LogP contribution in [-0.4, -0.2) is 88.3 Å². The number of hydrogen-bond donors (Lipinski definition) is 2. The Morgan fingerprint density at radius 2 is 1.78 bits per heavy atom. The third kappa shape index (κ3) is 6.59. The van der Waals surface area contributed by atoms with Crippen LogP contribution in [0.4, 0.5) is 20.5 Å². The van der Waals surface area contributed by atoms with Crippen molar-refractivity contribution in [3.63, 3.8) is 0 Å². The number of benzene rings is 1. The summed E-state index contributed by atoms with van der Waals surface area (Å²) in [5.74, 6) is 1.12. The summed E-state index contributed by atoms with van der Waals surface area (Å²) in [6.45, 7) is 5.62. The number of likely N-dealkylation sites (tertiary alicyclic amines) is 1. The number of nitrogens with one attached hydrogen (secondary N) is 2. The minimum atomic E-state index is -2.77. The Morgan fingerprint density at radius 3 is 2.56 bits per heavy atom. The lowest BCUT2D eigenvalue weighted by molar-refractivity contribution is -0.122. The number of nitrogens with zero attached hydrogens (tertiary/aromatic N) is 6. The highest BCUT2D eigenvalue weighted by Gasteiger charge is 2.31. The van der Waals surface area contributed by atoms with Gasteiger partial charge in [0.15, 0.2) is 5.82 Å². The molecule has 2 saturated heterocycles. The van der Waals surface area contributed by atoms with Gasteiger partial charge < -0.3 is 25.2 Å². The SMILES string of the molecule is O=C(CCCN1CCCCC1)NC1CC(Nc2cc(-n3c(C(F)F)nc4ccccc43)nc(N3CCOCC3)n2)C1. The molecule has 3 aliphatic rings. The predicted molar refractivity (Wildman–Crippen MR) is 153 cm³/mol. The summed E-state index contributed by atoms with van der Waals surface area (Å²) in [5.41, 5.74) is 1.05. The first-order valence-electron chi connectivity index (χ1n) is 14.8. The van der Waals surface area contributed by atoms with Gasteiger partial charge in [-0.2, -0.15) is 9.97 Å². The number of anilines is 2. The van der Waals surface area contributed by atoms with E-state index in [4.69, 9.17) is 14.7 Å². The summed E-state index contributed by atoms with van der Waals surface area (Å²) in [7, 11) is 0. The summed E-state index contributed by atoms with van der Waals surface area (Å²) in [4.78, 5) is 30.6. The van der Waals surface area contributed by atoms with Crippen LogP contribution < -0.4 is 15.5 Å². The second kappa shape index (κ2) is 12.6. The van der Waals surface area contributed by atoms with Gasteiger partial charge in [0.2, 0.25) is 11.9 Å². The lowest BCUT2D eigenvalue weighted by Crippen LogP contribution is -2.49. The molecule has 220 valence electrons. The minimum Gasteiger partial charge on any atom is -0.378 e. The van der Waals surface area contributed by atoms with Crippen molar-refractivity contribution in [1.29, 1.82) is 0 Å². The van der Waals surface area contributed by atoms with E-state index in [0.29, 0.717) is 61.3 Å². The molecule has 0 atom stereocenters. The molecule has 0 unspecified atom stereocenters. The van der Waals surface area contributed by atoms with Crippen molar-refractivity contribution in [1.82, 2.24) is 29.7 Å². The van der Waals surface area contributed by atoms with Crippen LogP contribution in [0.2, 0.25) is 0 Å². The van der Waals surface area contributed by atoms with E-state index in [1.54, 1.807) is 30.3 Å². The lowest BCUT2D eigenvalue weighted by atomic mass is 9.86. The van der Waals surface area contributed by atoms with Gasteiger partial charge in [-0.05, 0) is 63.9 Å². The summed E-state index contributed by atoms with van der Waals surface area (Å²) in [5, 5.41) is 6.62. The van der Waals surface area contributed by atoms with Crippen molar-refractivity contribution in [3.8, 4) is 5.82 Å². The van der Waals surface area contributed by atoms with E-state index in [2.05, 4.69) is 20.5 Å². The monoisotopic (exact) mass is 568 g/mol. The van der Waals surface area contributed by atoms with Gasteiger partial charge in [0, 0.05) is 37.7 Å². The molecule has 1 aromatic carbocycles. The summed E-state index contributed by atoms with van der Waals surface area (Å²) in [6.07, 6.45) is 4.06. The molecule has 2 aliphatic heterocycles. The zero-order valence-electron chi connectivity index (χ0n) is 23.3. The van der Waals surface area contributed by atoms with Crippen molar-refractivity contribution in [3.05, 3.63) is 36.2 Å². The lowest BCUT2D eigenvalue weighted by Gasteiger charge is -2.37. The highest BCUT2D eigenvalue weighted by atomic mass is 19.3. The van der Waals surface area contributed by atoms with Crippen molar-refractivity contribution in [2.24, 2.45) is 0 Å². The number of aromatic nitrogens is 4. The number of imidazole rings is 1. The zero-order chi connectivity index (χ0) is 28.2. The quantitative estimate of drug-likeness (QED) is 0.380. The van der Waals surface area contributed by atoms with Gasteiger partial charge in [0.1, 0.15) is 11.6 Å². The number of morpholine rings is 1. The van der Waals surface area contributed by atoms with Crippen LogP contribution >= 0.6 is 0 Å². The zero-order valence-corrected chi connectivity index (χ0v) is 23.3. The number of hydrogen-bond acceptors (Lipinski definition) is 8. The van der Waals surface area contributed by atoms with Crippen molar-refractivity contribution < 1.29 is 18.3 Å². The van der Waals surface area contributed by atoms with Crippen LogP contribution in [0.25, 0.3) is 16.9 Å². The van der Waals surface area contributed by atoms with Crippen molar-refractivity contribution >= 4 is 28.7 Å². The first-order chi connectivity index (χ1) is 20.0.